The van der Waals surface area contributed by atoms with Crippen LogP contribution < -0.4 is 17.1 Å². The summed E-state index contributed by atoms with van der Waals surface area (Å²) in [7, 11) is 0. The summed E-state index contributed by atoms with van der Waals surface area (Å²) >= 11 is 4.69. The van der Waals surface area contributed by atoms with Crippen LogP contribution in [0.25, 0.3) is 5.69 Å². The third-order valence-electron chi connectivity index (χ3n) is 2.16. The molecule has 0 aliphatic heterocycles. The van der Waals surface area contributed by atoms with Gasteiger partial charge in [-0.2, -0.15) is 0 Å². The number of nitrogens with two attached hydrogens (primary N) is 1. The largest absolute Gasteiger partial charge is 0.389 e. The lowest BCUT2D eigenvalue weighted by Gasteiger charge is -2.03. The number of aromatic amines is 2. The van der Waals surface area contributed by atoms with Gasteiger partial charge >= 0.3 is 11.4 Å². The second-order valence-corrected chi connectivity index (χ2v) is 3.67. The van der Waals surface area contributed by atoms with Crippen LogP contribution in [0.5, 0.6) is 0 Å². The van der Waals surface area contributed by atoms with Gasteiger partial charge in [0.1, 0.15) is 10.8 Å². The Kier molecular flexibility index (Phi) is 2.64. The smallest absolute Gasteiger partial charge is 0.349 e. The summed E-state index contributed by atoms with van der Waals surface area (Å²) in [6.45, 7) is 0. The van der Waals surface area contributed by atoms with Gasteiger partial charge in [-0.1, -0.05) is 12.2 Å². The highest BCUT2D eigenvalue weighted by Crippen LogP contribution is 2.12. The van der Waals surface area contributed by atoms with Gasteiger partial charge in [-0.25, -0.2) is 28.7 Å². The van der Waals surface area contributed by atoms with Crippen molar-refractivity contribution in [2.45, 2.75) is 0 Å². The minimum Gasteiger partial charge on any atom is -0.389 e. The zero-order valence-corrected chi connectivity index (χ0v) is 9.18. The molecule has 0 fully saturated rings. The Labute approximate surface area is 98.9 Å². The average Bonchev–Trinajstić information content (AvgIpc) is 2.59. The van der Waals surface area contributed by atoms with Crippen molar-refractivity contribution in [2.24, 2.45) is 5.73 Å². The van der Waals surface area contributed by atoms with E-state index in [9.17, 15) is 14.0 Å². The first-order valence-corrected chi connectivity index (χ1v) is 4.91. The molecule has 1 aromatic heterocycles. The number of nitrogens with one attached hydrogen (secondary N) is 2. The molecule has 0 radical (unpaired) electrons. The highest BCUT2D eigenvalue weighted by Gasteiger charge is 2.12. The summed E-state index contributed by atoms with van der Waals surface area (Å²) < 4.78 is 14.3. The molecule has 0 bridgehead atoms. The lowest BCUT2D eigenvalue weighted by Crippen LogP contribution is -2.25. The second-order valence-electron chi connectivity index (χ2n) is 3.23. The molecule has 17 heavy (non-hydrogen) atoms. The summed E-state index contributed by atoms with van der Waals surface area (Å²) in [6, 6.07) is 3.75. The number of hydrogen-bond donors (Lipinski definition) is 3. The maximum absolute atomic E-state index is 13.7. The Morgan fingerprint density at radius 1 is 1.29 bits per heavy atom. The van der Waals surface area contributed by atoms with E-state index >= 15 is 0 Å². The molecule has 4 N–H and O–H groups in total. The lowest BCUT2D eigenvalue weighted by atomic mass is 10.2. The Hall–Kier alpha value is -2.22. The first kappa shape index (κ1) is 11.3. The van der Waals surface area contributed by atoms with Gasteiger partial charge in [-0.05, 0) is 18.2 Å². The molecule has 0 saturated carbocycles. The van der Waals surface area contributed by atoms with Crippen molar-refractivity contribution < 1.29 is 4.39 Å². The Morgan fingerprint density at radius 3 is 2.35 bits per heavy atom. The van der Waals surface area contributed by atoms with Crippen LogP contribution in [0.4, 0.5) is 4.39 Å². The lowest BCUT2D eigenvalue weighted by molar-refractivity contribution is 0.614. The fourth-order valence-electron chi connectivity index (χ4n) is 1.37. The number of nitrogens with zero attached hydrogens (tertiary/aromatic N) is 1. The van der Waals surface area contributed by atoms with Crippen molar-refractivity contribution >= 4 is 17.2 Å². The molecule has 6 nitrogen and oxygen atoms in total. The van der Waals surface area contributed by atoms with Crippen LogP contribution in [0.15, 0.2) is 27.8 Å². The minimum atomic E-state index is -0.762. The maximum Gasteiger partial charge on any atom is 0.349 e. The number of aromatic nitrogens is 3. The summed E-state index contributed by atoms with van der Waals surface area (Å²) in [4.78, 5) is 22.6. The van der Waals surface area contributed by atoms with E-state index in [0.29, 0.717) is 10.1 Å². The highest BCUT2D eigenvalue weighted by molar-refractivity contribution is 7.80. The number of thiocarbonyl (C=S) groups is 1. The molecule has 8 heteroatoms. The van der Waals surface area contributed by atoms with Crippen LogP contribution in [0.3, 0.4) is 0 Å². The molecule has 0 amide bonds. The van der Waals surface area contributed by atoms with Gasteiger partial charge in [-0.15, -0.1) is 0 Å². The number of H-pyrrole nitrogens is 2. The third-order valence-corrected chi connectivity index (χ3v) is 2.39. The summed E-state index contributed by atoms with van der Waals surface area (Å²) in [5.74, 6) is -0.762. The molecule has 2 rings (SSSR count). The van der Waals surface area contributed by atoms with Crippen molar-refractivity contribution in [3.05, 3.63) is 50.5 Å². The standard InChI is InChI=1S/C9H7FN4O2S/c10-5-3-4(7(11)17)1-2-6(5)14-8(15)12-13-9(14)16/h1-3H,(H2,11,17)(H,12,15)(H,13,16). The molecular weight excluding hydrogens is 247 g/mol. The topological polar surface area (TPSA) is 96.7 Å². The van der Waals surface area contributed by atoms with Crippen LogP contribution in [0, 0.1) is 5.82 Å². The van der Waals surface area contributed by atoms with Crippen molar-refractivity contribution in [3.63, 3.8) is 0 Å². The summed E-state index contributed by atoms with van der Waals surface area (Å²) in [5.41, 5.74) is 3.98. The third kappa shape index (κ3) is 1.89. The maximum atomic E-state index is 13.7. The van der Waals surface area contributed by atoms with Crippen molar-refractivity contribution in [1.82, 2.24) is 14.8 Å². The molecule has 0 unspecified atom stereocenters. The number of hydrogen-bond acceptors (Lipinski definition) is 3. The molecule has 88 valence electrons. The van der Waals surface area contributed by atoms with Gasteiger partial charge in [-0.3, -0.25) is 0 Å². The van der Waals surface area contributed by atoms with Gasteiger partial charge in [0.05, 0.1) is 5.69 Å². The molecule has 1 aromatic carbocycles. The Morgan fingerprint density at radius 2 is 1.88 bits per heavy atom. The van der Waals surface area contributed by atoms with Gasteiger partial charge in [0, 0.05) is 5.56 Å². The molecule has 0 spiro atoms. The first-order valence-electron chi connectivity index (χ1n) is 4.50. The number of halogens is 1. The minimum absolute atomic E-state index is 0.0331. The van der Waals surface area contributed by atoms with Crippen molar-refractivity contribution in [1.29, 1.82) is 0 Å². The van der Waals surface area contributed by atoms with Gasteiger partial charge in [0.15, 0.2) is 0 Å². The van der Waals surface area contributed by atoms with Crippen LogP contribution in [-0.2, 0) is 0 Å². The predicted molar refractivity (Wildman–Crippen MR) is 62.9 cm³/mol. The van der Waals surface area contributed by atoms with E-state index in [1.807, 2.05) is 0 Å². The quantitative estimate of drug-likeness (QED) is 0.637. The molecular formula is C9H7FN4O2S. The van der Waals surface area contributed by atoms with E-state index in [2.05, 4.69) is 22.4 Å². The number of rotatable bonds is 2. The fourth-order valence-corrected chi connectivity index (χ4v) is 1.50. The predicted octanol–water partition coefficient (Wildman–Crippen LogP) is -0.373. The monoisotopic (exact) mass is 254 g/mol. The normalized spacial score (nSPS) is 10.4. The fraction of sp³-hybridized carbons (Fsp3) is 0. The SMILES string of the molecule is NC(=S)c1ccc(-n2c(=O)[nH][nH]c2=O)c(F)c1. The molecule has 0 aliphatic rings. The summed E-state index contributed by atoms with van der Waals surface area (Å²) in [5, 5.41) is 4.11. The van der Waals surface area contributed by atoms with Crippen LogP contribution in [-0.4, -0.2) is 19.8 Å². The summed E-state index contributed by atoms with van der Waals surface area (Å²) in [6.07, 6.45) is 0. The van der Waals surface area contributed by atoms with E-state index in [1.165, 1.54) is 12.1 Å². The van der Waals surface area contributed by atoms with Crippen LogP contribution in [0.2, 0.25) is 0 Å². The zero-order chi connectivity index (χ0) is 12.6. The molecule has 0 aliphatic carbocycles. The zero-order valence-electron chi connectivity index (χ0n) is 8.36. The molecule has 2 aromatic rings. The highest BCUT2D eigenvalue weighted by atomic mass is 32.1. The van der Waals surface area contributed by atoms with Gasteiger partial charge < -0.3 is 5.73 Å². The first-order chi connectivity index (χ1) is 8.00. The van der Waals surface area contributed by atoms with E-state index < -0.39 is 17.2 Å². The molecule has 0 atom stereocenters. The average molecular weight is 254 g/mol. The van der Waals surface area contributed by atoms with Crippen LogP contribution >= 0.6 is 12.2 Å². The van der Waals surface area contributed by atoms with E-state index in [-0.39, 0.29) is 10.7 Å². The van der Waals surface area contributed by atoms with Crippen molar-refractivity contribution in [3.8, 4) is 5.69 Å². The molecule has 0 saturated heterocycles. The van der Waals surface area contributed by atoms with Crippen LogP contribution in [0.1, 0.15) is 5.56 Å². The van der Waals surface area contributed by atoms with E-state index in [1.54, 1.807) is 0 Å². The van der Waals surface area contributed by atoms with E-state index in [4.69, 9.17) is 5.73 Å². The van der Waals surface area contributed by atoms with Gasteiger partial charge in [0.25, 0.3) is 0 Å². The van der Waals surface area contributed by atoms with E-state index in [0.717, 1.165) is 6.07 Å². The number of benzene rings is 1. The van der Waals surface area contributed by atoms with Crippen molar-refractivity contribution in [2.75, 3.05) is 0 Å². The molecule has 1 heterocycles. The second kappa shape index (κ2) is 3.98. The Balaban J connectivity index is 2.67. The van der Waals surface area contributed by atoms with Gasteiger partial charge in [0.2, 0.25) is 0 Å². The Bertz CT molecular complexity index is 672.